The Kier molecular flexibility index (Phi) is 10.8. The zero-order valence-corrected chi connectivity index (χ0v) is 24.7. The maximum atomic E-state index is 14.0. The first kappa shape index (κ1) is 30.5. The third-order valence-corrected chi connectivity index (χ3v) is 10.7. The Morgan fingerprint density at radius 2 is 1.74 bits per heavy atom. The van der Waals surface area contributed by atoms with Crippen LogP contribution in [0.15, 0.2) is 0 Å². The molecule has 5 atom stereocenters. The van der Waals surface area contributed by atoms with Crippen molar-refractivity contribution >= 4 is 17.5 Å². The van der Waals surface area contributed by atoms with Crippen LogP contribution in [0.25, 0.3) is 0 Å². The largest absolute Gasteiger partial charge is 0.390 e. The fraction of sp³-hybridized carbons (Fsp3) is 0.966. The van der Waals surface area contributed by atoms with Gasteiger partial charge in [0.25, 0.3) is 0 Å². The minimum Gasteiger partial charge on any atom is -0.390 e. The van der Waals surface area contributed by atoms with Crippen molar-refractivity contribution in [2.45, 2.75) is 126 Å². The lowest BCUT2D eigenvalue weighted by Gasteiger charge is -2.46. The van der Waals surface area contributed by atoms with Gasteiger partial charge in [-0.15, -0.1) is 11.6 Å². The molecule has 9 heteroatoms. The molecule has 0 aromatic heterocycles. The second kappa shape index (κ2) is 13.5. The fourth-order valence-electron chi connectivity index (χ4n) is 7.94. The Hall–Kier alpha value is -0.480. The number of piperidine rings is 2. The Balaban J connectivity index is 1.45. The highest BCUT2D eigenvalue weighted by molar-refractivity contribution is 6.20. The van der Waals surface area contributed by atoms with E-state index < -0.39 is 17.7 Å². The molecule has 1 saturated carbocycles. The van der Waals surface area contributed by atoms with E-state index in [-0.39, 0.29) is 34.8 Å². The number of nitrogens with one attached hydrogen (secondary N) is 3. The number of alkyl halides is 1. The SMILES string of the molecule is CC(C)(O)C1CCN(C2CCNCC2NC(=O)C(C(N)N)C2CC3(CCCCCC3)CCC(Cl)CN2)CC1. The molecule has 4 fully saturated rings. The van der Waals surface area contributed by atoms with Gasteiger partial charge in [-0.05, 0) is 96.2 Å². The minimum atomic E-state index is -0.735. The lowest BCUT2D eigenvalue weighted by molar-refractivity contribution is -0.128. The number of hydrogen-bond acceptors (Lipinski definition) is 7. The van der Waals surface area contributed by atoms with E-state index in [2.05, 4.69) is 20.9 Å². The molecule has 0 aromatic carbocycles. The van der Waals surface area contributed by atoms with Gasteiger partial charge in [0.05, 0.1) is 23.7 Å². The highest BCUT2D eigenvalue weighted by atomic mass is 35.5. The summed E-state index contributed by atoms with van der Waals surface area (Å²) < 4.78 is 0. The monoisotopic (exact) mass is 554 g/mol. The van der Waals surface area contributed by atoms with Crippen LogP contribution in [0.2, 0.25) is 0 Å². The maximum Gasteiger partial charge on any atom is 0.227 e. The van der Waals surface area contributed by atoms with E-state index >= 15 is 0 Å². The molecule has 8 N–H and O–H groups in total. The van der Waals surface area contributed by atoms with E-state index in [4.69, 9.17) is 23.1 Å². The Bertz CT molecular complexity index is 746. The molecule has 220 valence electrons. The number of rotatable bonds is 6. The van der Waals surface area contributed by atoms with Crippen molar-refractivity contribution in [1.29, 1.82) is 0 Å². The van der Waals surface area contributed by atoms with E-state index in [1.807, 2.05) is 13.8 Å². The fourth-order valence-corrected chi connectivity index (χ4v) is 8.14. The molecule has 1 spiro atoms. The predicted molar refractivity (Wildman–Crippen MR) is 155 cm³/mol. The number of carbonyl (C=O) groups excluding carboxylic acids is 1. The summed E-state index contributed by atoms with van der Waals surface area (Å²) in [5, 5.41) is 21.1. The van der Waals surface area contributed by atoms with Crippen molar-refractivity contribution in [3.8, 4) is 0 Å². The molecule has 38 heavy (non-hydrogen) atoms. The van der Waals surface area contributed by atoms with Crippen molar-refractivity contribution in [1.82, 2.24) is 20.9 Å². The second-order valence-corrected chi connectivity index (χ2v) is 14.1. The first-order valence-electron chi connectivity index (χ1n) is 15.4. The molecule has 8 nitrogen and oxygen atoms in total. The van der Waals surface area contributed by atoms with E-state index in [0.29, 0.717) is 12.5 Å². The van der Waals surface area contributed by atoms with Gasteiger partial charge in [-0.2, -0.15) is 0 Å². The van der Waals surface area contributed by atoms with Crippen LogP contribution < -0.4 is 27.4 Å². The van der Waals surface area contributed by atoms with Gasteiger partial charge >= 0.3 is 0 Å². The van der Waals surface area contributed by atoms with E-state index in [0.717, 1.165) is 64.7 Å². The number of hydrogen-bond donors (Lipinski definition) is 6. The van der Waals surface area contributed by atoms with Crippen molar-refractivity contribution < 1.29 is 9.90 Å². The number of carbonyl (C=O) groups is 1. The van der Waals surface area contributed by atoms with E-state index in [1.165, 1.54) is 38.5 Å². The number of halogens is 1. The maximum absolute atomic E-state index is 14.0. The summed E-state index contributed by atoms with van der Waals surface area (Å²) in [4.78, 5) is 16.5. The minimum absolute atomic E-state index is 0.0114. The lowest BCUT2D eigenvalue weighted by Crippen LogP contribution is -2.65. The van der Waals surface area contributed by atoms with Gasteiger partial charge in [0.15, 0.2) is 0 Å². The van der Waals surface area contributed by atoms with Crippen LogP contribution in [0.5, 0.6) is 0 Å². The molecule has 5 unspecified atom stereocenters. The number of nitrogens with two attached hydrogens (primary N) is 2. The third-order valence-electron chi connectivity index (χ3n) is 10.3. The van der Waals surface area contributed by atoms with Gasteiger partial charge in [0.2, 0.25) is 5.91 Å². The van der Waals surface area contributed by atoms with Gasteiger partial charge in [0.1, 0.15) is 0 Å². The van der Waals surface area contributed by atoms with Crippen LogP contribution in [-0.4, -0.2) is 83.9 Å². The summed E-state index contributed by atoms with van der Waals surface area (Å²) in [6.07, 6.45) is 12.8. The smallest absolute Gasteiger partial charge is 0.227 e. The molecule has 1 amide bonds. The van der Waals surface area contributed by atoms with Crippen molar-refractivity contribution in [3.63, 3.8) is 0 Å². The average Bonchev–Trinajstić information content (AvgIpc) is 3.11. The standard InChI is InChI=1S/C29H55ClN6O2/c1-28(2,38)20-9-15-36(16-10-20)24-8-14-33-19-23(24)35-27(37)25(26(31)32)22-17-29(11-5-3-4-6-12-29)13-7-21(30)18-34-22/h20-26,33-34,38H,3-19,31-32H2,1-2H3,(H,35,37). The second-order valence-electron chi connectivity index (χ2n) is 13.5. The number of aliphatic hydroxyl groups is 1. The van der Waals surface area contributed by atoms with Crippen molar-refractivity contribution in [2.24, 2.45) is 28.7 Å². The molecule has 0 bridgehead atoms. The summed E-state index contributed by atoms with van der Waals surface area (Å²) in [5.74, 6) is -0.209. The van der Waals surface area contributed by atoms with Crippen LogP contribution in [0.3, 0.4) is 0 Å². The Morgan fingerprint density at radius 1 is 1.05 bits per heavy atom. The van der Waals surface area contributed by atoms with Crippen molar-refractivity contribution in [2.75, 3.05) is 32.7 Å². The molecular weight excluding hydrogens is 500 g/mol. The van der Waals surface area contributed by atoms with Gasteiger partial charge in [-0.3, -0.25) is 9.69 Å². The van der Waals surface area contributed by atoms with Crippen LogP contribution >= 0.6 is 11.6 Å². The molecule has 3 heterocycles. The summed E-state index contributed by atoms with van der Waals surface area (Å²) in [5.41, 5.74) is 12.3. The molecule has 0 aromatic rings. The van der Waals surface area contributed by atoms with E-state index in [9.17, 15) is 9.90 Å². The first-order chi connectivity index (χ1) is 18.1. The van der Waals surface area contributed by atoms with Crippen LogP contribution in [0, 0.1) is 17.3 Å². The number of likely N-dealkylation sites (tertiary alicyclic amines) is 1. The molecule has 3 saturated heterocycles. The predicted octanol–water partition coefficient (Wildman–Crippen LogP) is 2.27. The van der Waals surface area contributed by atoms with Gasteiger partial charge < -0.3 is 32.5 Å². The molecule has 0 radical (unpaired) electrons. The first-order valence-corrected chi connectivity index (χ1v) is 15.9. The topological polar surface area (TPSA) is 129 Å². The molecular formula is C29H55ClN6O2. The Labute approximate surface area is 235 Å². The van der Waals surface area contributed by atoms with Crippen LogP contribution in [0.1, 0.15) is 90.9 Å². The molecule has 3 aliphatic heterocycles. The lowest BCUT2D eigenvalue weighted by atomic mass is 9.69. The molecule has 4 aliphatic rings. The molecule has 1 aliphatic carbocycles. The van der Waals surface area contributed by atoms with Gasteiger partial charge in [0, 0.05) is 30.6 Å². The van der Waals surface area contributed by atoms with Gasteiger partial charge in [-0.1, -0.05) is 25.7 Å². The van der Waals surface area contributed by atoms with Crippen LogP contribution in [0.4, 0.5) is 0 Å². The highest BCUT2D eigenvalue weighted by Crippen LogP contribution is 2.45. The summed E-state index contributed by atoms with van der Waals surface area (Å²) in [6.45, 7) is 8.14. The molecule has 4 rings (SSSR count). The third kappa shape index (κ3) is 7.83. The van der Waals surface area contributed by atoms with Gasteiger partial charge in [-0.25, -0.2) is 0 Å². The highest BCUT2D eigenvalue weighted by Gasteiger charge is 2.43. The zero-order valence-electron chi connectivity index (χ0n) is 23.9. The Morgan fingerprint density at radius 3 is 2.37 bits per heavy atom. The van der Waals surface area contributed by atoms with Crippen molar-refractivity contribution in [3.05, 3.63) is 0 Å². The summed E-state index contributed by atoms with van der Waals surface area (Å²) >= 11 is 6.71. The summed E-state index contributed by atoms with van der Waals surface area (Å²) in [7, 11) is 0. The zero-order chi connectivity index (χ0) is 27.3. The summed E-state index contributed by atoms with van der Waals surface area (Å²) in [6, 6.07) is 0.216. The normalized spacial score (nSPS) is 33.3. The number of nitrogens with zero attached hydrogens (tertiary/aromatic N) is 1. The van der Waals surface area contributed by atoms with E-state index in [1.54, 1.807) is 0 Å². The number of amides is 1. The van der Waals surface area contributed by atoms with Crippen LogP contribution in [-0.2, 0) is 4.79 Å². The average molecular weight is 555 g/mol. The quantitative estimate of drug-likeness (QED) is 0.219.